The monoisotopic (exact) mass is 273 g/mol. The van der Waals surface area contributed by atoms with Gasteiger partial charge in [0.15, 0.2) is 6.20 Å². The van der Waals surface area contributed by atoms with E-state index in [0.717, 1.165) is 41.7 Å². The molecule has 0 spiro atoms. The standard InChI is InChI=1S/C19H17N2/c1-2-3-7-14-21-15-8-6-11-19(21)18-13-12-16-9-4-5-10-17(16)20-18/h1,4-6,8-13,15H,3,7,14H2/q+1. The van der Waals surface area contributed by atoms with Crippen LogP contribution in [0.5, 0.6) is 0 Å². The number of benzene rings is 1. The fourth-order valence-electron chi connectivity index (χ4n) is 2.46. The van der Waals surface area contributed by atoms with E-state index in [0.29, 0.717) is 0 Å². The Hall–Kier alpha value is -2.66. The third-order valence-electron chi connectivity index (χ3n) is 3.52. The second kappa shape index (κ2) is 6.19. The average molecular weight is 273 g/mol. The highest BCUT2D eigenvalue weighted by Crippen LogP contribution is 2.18. The molecule has 0 radical (unpaired) electrons. The number of fused-ring (bicyclic) bond motifs is 1. The first-order valence-corrected chi connectivity index (χ1v) is 7.16. The van der Waals surface area contributed by atoms with E-state index in [1.807, 2.05) is 30.3 Å². The third-order valence-corrected chi connectivity index (χ3v) is 3.52. The minimum Gasteiger partial charge on any atom is -0.241 e. The number of pyridine rings is 2. The van der Waals surface area contributed by atoms with E-state index in [1.54, 1.807) is 0 Å². The SMILES string of the molecule is C#CCCC[n+]1ccccc1-c1ccc2ccccc2n1. The summed E-state index contributed by atoms with van der Waals surface area (Å²) in [4.78, 5) is 4.77. The van der Waals surface area contributed by atoms with Crippen LogP contribution in [0, 0.1) is 12.3 Å². The summed E-state index contributed by atoms with van der Waals surface area (Å²) in [6, 6.07) is 18.6. The van der Waals surface area contributed by atoms with Crippen LogP contribution < -0.4 is 4.57 Å². The molecule has 0 aliphatic heterocycles. The van der Waals surface area contributed by atoms with Gasteiger partial charge in [-0.15, -0.1) is 12.3 Å². The van der Waals surface area contributed by atoms with Crippen molar-refractivity contribution in [3.05, 3.63) is 60.8 Å². The lowest BCUT2D eigenvalue weighted by molar-refractivity contribution is -0.686. The first kappa shape index (κ1) is 13.3. The van der Waals surface area contributed by atoms with Gasteiger partial charge < -0.3 is 0 Å². The molecular weight excluding hydrogens is 256 g/mol. The van der Waals surface area contributed by atoms with Crippen molar-refractivity contribution in [2.24, 2.45) is 0 Å². The van der Waals surface area contributed by atoms with E-state index < -0.39 is 0 Å². The van der Waals surface area contributed by atoms with E-state index in [-0.39, 0.29) is 0 Å². The van der Waals surface area contributed by atoms with E-state index in [2.05, 4.69) is 40.9 Å². The molecule has 3 aromatic rings. The van der Waals surface area contributed by atoms with Crippen LogP contribution in [0.2, 0.25) is 0 Å². The van der Waals surface area contributed by atoms with E-state index in [9.17, 15) is 0 Å². The molecule has 2 heteroatoms. The number of aromatic nitrogens is 2. The number of nitrogens with zero attached hydrogens (tertiary/aromatic N) is 2. The number of rotatable bonds is 4. The summed E-state index contributed by atoms with van der Waals surface area (Å²) in [7, 11) is 0. The predicted molar refractivity (Wildman–Crippen MR) is 85.4 cm³/mol. The Kier molecular flexibility index (Phi) is 3.93. The lowest BCUT2D eigenvalue weighted by Gasteiger charge is -2.04. The smallest absolute Gasteiger partial charge is 0.231 e. The van der Waals surface area contributed by atoms with Gasteiger partial charge in [-0.3, -0.25) is 0 Å². The topological polar surface area (TPSA) is 16.8 Å². The molecule has 2 heterocycles. The number of hydrogen-bond donors (Lipinski definition) is 0. The summed E-state index contributed by atoms with van der Waals surface area (Å²) in [5.74, 6) is 2.69. The zero-order valence-electron chi connectivity index (χ0n) is 11.9. The lowest BCUT2D eigenvalue weighted by atomic mass is 10.1. The maximum Gasteiger partial charge on any atom is 0.231 e. The fraction of sp³-hybridized carbons (Fsp3) is 0.158. The van der Waals surface area contributed by atoms with Crippen LogP contribution in [-0.2, 0) is 6.54 Å². The molecule has 3 rings (SSSR count). The van der Waals surface area contributed by atoms with E-state index >= 15 is 0 Å². The first-order chi connectivity index (χ1) is 10.4. The summed E-state index contributed by atoms with van der Waals surface area (Å²) in [6.07, 6.45) is 9.19. The summed E-state index contributed by atoms with van der Waals surface area (Å²) in [6.45, 7) is 0.912. The third kappa shape index (κ3) is 2.93. The minimum absolute atomic E-state index is 0.798. The highest BCUT2D eigenvalue weighted by Gasteiger charge is 2.13. The van der Waals surface area contributed by atoms with Crippen molar-refractivity contribution >= 4 is 10.9 Å². The zero-order valence-corrected chi connectivity index (χ0v) is 11.9. The largest absolute Gasteiger partial charge is 0.241 e. The molecule has 0 N–H and O–H groups in total. The number of hydrogen-bond acceptors (Lipinski definition) is 1. The normalized spacial score (nSPS) is 10.4. The Bertz CT molecular complexity index is 800. The van der Waals surface area contributed by atoms with Crippen LogP contribution in [0.1, 0.15) is 12.8 Å². The minimum atomic E-state index is 0.798. The van der Waals surface area contributed by atoms with Gasteiger partial charge in [-0.05, 0) is 18.2 Å². The summed E-state index contributed by atoms with van der Waals surface area (Å²) in [5.41, 5.74) is 3.14. The van der Waals surface area contributed by atoms with Gasteiger partial charge in [0.2, 0.25) is 5.69 Å². The maximum atomic E-state index is 5.33. The predicted octanol–water partition coefficient (Wildman–Crippen LogP) is 3.60. The Morgan fingerprint density at radius 3 is 2.76 bits per heavy atom. The summed E-state index contributed by atoms with van der Waals surface area (Å²) >= 11 is 0. The Labute approximate surface area is 125 Å². The van der Waals surface area contributed by atoms with Crippen molar-refractivity contribution in [2.45, 2.75) is 19.4 Å². The summed E-state index contributed by atoms with van der Waals surface area (Å²) < 4.78 is 2.22. The van der Waals surface area contributed by atoms with Gasteiger partial charge in [0.25, 0.3) is 0 Å². The van der Waals surface area contributed by atoms with Crippen LogP contribution in [0.3, 0.4) is 0 Å². The molecule has 0 atom stereocenters. The molecule has 0 unspecified atom stereocenters. The van der Waals surface area contributed by atoms with Crippen molar-refractivity contribution in [2.75, 3.05) is 0 Å². The lowest BCUT2D eigenvalue weighted by Crippen LogP contribution is -2.35. The molecule has 0 aliphatic rings. The van der Waals surface area contributed by atoms with Crippen molar-refractivity contribution in [3.8, 4) is 23.7 Å². The fourth-order valence-corrected chi connectivity index (χ4v) is 2.46. The molecule has 1 aromatic carbocycles. The molecule has 2 aromatic heterocycles. The quantitative estimate of drug-likeness (QED) is 0.403. The highest BCUT2D eigenvalue weighted by molar-refractivity contribution is 5.80. The molecule has 0 amide bonds. The number of aryl methyl sites for hydroxylation is 1. The second-order valence-corrected chi connectivity index (χ2v) is 4.98. The Morgan fingerprint density at radius 2 is 1.86 bits per heavy atom. The maximum absolute atomic E-state index is 5.33. The van der Waals surface area contributed by atoms with Gasteiger partial charge in [-0.1, -0.05) is 24.3 Å². The van der Waals surface area contributed by atoms with Gasteiger partial charge in [-0.25, -0.2) is 4.98 Å². The van der Waals surface area contributed by atoms with E-state index in [4.69, 9.17) is 11.4 Å². The number of unbranched alkanes of at least 4 members (excludes halogenated alkanes) is 1. The Morgan fingerprint density at radius 1 is 1.00 bits per heavy atom. The van der Waals surface area contributed by atoms with Crippen molar-refractivity contribution in [3.63, 3.8) is 0 Å². The number of terminal acetylenes is 1. The average Bonchev–Trinajstić information content (AvgIpc) is 2.55. The molecule has 21 heavy (non-hydrogen) atoms. The Balaban J connectivity index is 2.00. The van der Waals surface area contributed by atoms with Gasteiger partial charge >= 0.3 is 0 Å². The van der Waals surface area contributed by atoms with Gasteiger partial charge in [-0.2, -0.15) is 4.57 Å². The molecule has 0 aliphatic carbocycles. The molecule has 0 saturated carbocycles. The van der Waals surface area contributed by atoms with E-state index in [1.165, 1.54) is 0 Å². The molecule has 2 nitrogen and oxygen atoms in total. The van der Waals surface area contributed by atoms with Gasteiger partial charge in [0.05, 0.1) is 5.52 Å². The molecule has 102 valence electrons. The van der Waals surface area contributed by atoms with Crippen molar-refractivity contribution in [1.29, 1.82) is 0 Å². The van der Waals surface area contributed by atoms with Crippen molar-refractivity contribution in [1.82, 2.24) is 4.98 Å². The first-order valence-electron chi connectivity index (χ1n) is 7.16. The van der Waals surface area contributed by atoms with Crippen LogP contribution in [0.25, 0.3) is 22.3 Å². The van der Waals surface area contributed by atoms with Crippen LogP contribution >= 0.6 is 0 Å². The molecule has 0 saturated heterocycles. The number of para-hydroxylation sites is 1. The van der Waals surface area contributed by atoms with Crippen LogP contribution in [0.4, 0.5) is 0 Å². The molecule has 0 fully saturated rings. The van der Waals surface area contributed by atoms with Crippen LogP contribution in [0.15, 0.2) is 60.8 Å². The molecule has 0 bridgehead atoms. The van der Waals surface area contributed by atoms with Gasteiger partial charge in [0.1, 0.15) is 12.2 Å². The highest BCUT2D eigenvalue weighted by atomic mass is 15.0. The molecular formula is C19H17N2+. The summed E-state index contributed by atoms with van der Waals surface area (Å²) in [5, 5.41) is 1.16. The van der Waals surface area contributed by atoms with Crippen LogP contribution in [-0.4, -0.2) is 4.98 Å². The zero-order chi connectivity index (χ0) is 14.5. The van der Waals surface area contributed by atoms with Crippen molar-refractivity contribution < 1.29 is 4.57 Å². The second-order valence-electron chi connectivity index (χ2n) is 4.98. The van der Waals surface area contributed by atoms with Gasteiger partial charge in [0, 0.05) is 30.4 Å².